The third kappa shape index (κ3) is 2.63. The van der Waals surface area contributed by atoms with Crippen molar-refractivity contribution in [1.82, 2.24) is 4.98 Å². The maximum absolute atomic E-state index is 5.82. The molecule has 0 saturated heterocycles. The van der Waals surface area contributed by atoms with Gasteiger partial charge in [-0.1, -0.05) is 56.0 Å². The highest BCUT2D eigenvalue weighted by atomic mass is 16.4. The van der Waals surface area contributed by atoms with Crippen LogP contribution in [0.1, 0.15) is 38.0 Å². The van der Waals surface area contributed by atoms with Crippen LogP contribution in [-0.2, 0) is 6.42 Å². The molecule has 1 aromatic carbocycles. The van der Waals surface area contributed by atoms with E-state index in [0.29, 0.717) is 0 Å². The van der Waals surface area contributed by atoms with Crippen molar-refractivity contribution >= 4 is 0 Å². The number of oxazole rings is 1. The van der Waals surface area contributed by atoms with Crippen molar-refractivity contribution in [1.29, 1.82) is 0 Å². The molecule has 0 unspecified atom stereocenters. The van der Waals surface area contributed by atoms with Crippen LogP contribution < -0.4 is 0 Å². The lowest BCUT2D eigenvalue weighted by atomic mass is 10.0. The molecule has 3 rings (SSSR count). The van der Waals surface area contributed by atoms with Crippen LogP contribution in [-0.4, -0.2) is 4.98 Å². The molecule has 1 fully saturated rings. The summed E-state index contributed by atoms with van der Waals surface area (Å²) in [6.07, 6.45) is 9.67. The zero-order valence-corrected chi connectivity index (χ0v) is 10.6. The van der Waals surface area contributed by atoms with Gasteiger partial charge in [-0.3, -0.25) is 0 Å². The number of hydrogen-bond donors (Lipinski definition) is 0. The zero-order valence-electron chi connectivity index (χ0n) is 10.6. The Hall–Kier alpha value is -1.57. The van der Waals surface area contributed by atoms with Crippen LogP contribution in [0.25, 0.3) is 11.3 Å². The van der Waals surface area contributed by atoms with Crippen LogP contribution in [0, 0.1) is 5.92 Å². The monoisotopic (exact) mass is 241 g/mol. The SMILES string of the molecule is c1ccc(-c2cnc(CCC3CCCC3)o2)cc1. The minimum Gasteiger partial charge on any atom is -0.441 e. The number of nitrogens with zero attached hydrogens (tertiary/aromatic N) is 1. The highest BCUT2D eigenvalue weighted by molar-refractivity contribution is 5.55. The molecule has 2 aromatic rings. The second kappa shape index (κ2) is 5.38. The Balaban J connectivity index is 1.63. The van der Waals surface area contributed by atoms with Gasteiger partial charge in [0.25, 0.3) is 0 Å². The number of hydrogen-bond acceptors (Lipinski definition) is 2. The lowest BCUT2D eigenvalue weighted by Crippen LogP contribution is -1.96. The van der Waals surface area contributed by atoms with Gasteiger partial charge in [0, 0.05) is 12.0 Å². The molecule has 0 N–H and O–H groups in total. The molecule has 0 aliphatic heterocycles. The topological polar surface area (TPSA) is 26.0 Å². The molecule has 94 valence electrons. The van der Waals surface area contributed by atoms with Gasteiger partial charge in [0.2, 0.25) is 0 Å². The van der Waals surface area contributed by atoms with E-state index in [0.717, 1.165) is 29.6 Å². The molecule has 1 aliphatic carbocycles. The van der Waals surface area contributed by atoms with Crippen LogP contribution >= 0.6 is 0 Å². The number of benzene rings is 1. The highest BCUT2D eigenvalue weighted by Crippen LogP contribution is 2.29. The van der Waals surface area contributed by atoms with Crippen LogP contribution in [0.4, 0.5) is 0 Å². The van der Waals surface area contributed by atoms with E-state index in [4.69, 9.17) is 4.42 Å². The molecule has 1 aromatic heterocycles. The summed E-state index contributed by atoms with van der Waals surface area (Å²) in [4.78, 5) is 4.39. The average Bonchev–Trinajstić information content (AvgIpc) is 3.09. The van der Waals surface area contributed by atoms with E-state index >= 15 is 0 Å². The van der Waals surface area contributed by atoms with Crippen molar-refractivity contribution < 1.29 is 4.42 Å². The van der Waals surface area contributed by atoms with Gasteiger partial charge >= 0.3 is 0 Å². The number of aryl methyl sites for hydroxylation is 1. The lowest BCUT2D eigenvalue weighted by Gasteiger charge is -2.05. The van der Waals surface area contributed by atoms with Gasteiger partial charge in [-0.25, -0.2) is 4.98 Å². The Kier molecular flexibility index (Phi) is 3.44. The third-order valence-corrected chi connectivity index (χ3v) is 3.85. The van der Waals surface area contributed by atoms with Crippen LogP contribution in [0.5, 0.6) is 0 Å². The lowest BCUT2D eigenvalue weighted by molar-refractivity contribution is 0.443. The van der Waals surface area contributed by atoms with E-state index in [9.17, 15) is 0 Å². The Bertz CT molecular complexity index is 483. The molecule has 0 radical (unpaired) electrons. The van der Waals surface area contributed by atoms with Crippen LogP contribution in [0.3, 0.4) is 0 Å². The molecule has 0 spiro atoms. The fourth-order valence-electron chi connectivity index (χ4n) is 2.79. The van der Waals surface area contributed by atoms with E-state index in [1.54, 1.807) is 0 Å². The van der Waals surface area contributed by atoms with Crippen molar-refractivity contribution in [2.75, 3.05) is 0 Å². The second-order valence-corrected chi connectivity index (χ2v) is 5.17. The van der Waals surface area contributed by atoms with E-state index in [1.165, 1.54) is 32.1 Å². The van der Waals surface area contributed by atoms with Crippen LogP contribution in [0.15, 0.2) is 40.9 Å². The van der Waals surface area contributed by atoms with Gasteiger partial charge in [0.05, 0.1) is 6.20 Å². The van der Waals surface area contributed by atoms with Crippen molar-refractivity contribution in [3.8, 4) is 11.3 Å². The second-order valence-electron chi connectivity index (χ2n) is 5.17. The fourth-order valence-corrected chi connectivity index (χ4v) is 2.79. The Morgan fingerprint density at radius 3 is 2.67 bits per heavy atom. The molecule has 0 amide bonds. The van der Waals surface area contributed by atoms with Gasteiger partial charge < -0.3 is 4.42 Å². The summed E-state index contributed by atoms with van der Waals surface area (Å²) in [5.74, 6) is 2.68. The van der Waals surface area contributed by atoms with E-state index < -0.39 is 0 Å². The Labute approximate surface area is 108 Å². The maximum atomic E-state index is 5.82. The number of rotatable bonds is 4. The number of aromatic nitrogens is 1. The van der Waals surface area contributed by atoms with E-state index in [-0.39, 0.29) is 0 Å². The van der Waals surface area contributed by atoms with Gasteiger partial charge in [0.1, 0.15) is 0 Å². The molecule has 0 bridgehead atoms. The Morgan fingerprint density at radius 1 is 1.11 bits per heavy atom. The van der Waals surface area contributed by atoms with E-state index in [1.807, 2.05) is 24.4 Å². The summed E-state index contributed by atoms with van der Waals surface area (Å²) >= 11 is 0. The summed E-state index contributed by atoms with van der Waals surface area (Å²) < 4.78 is 5.82. The minimum absolute atomic E-state index is 0.886. The zero-order chi connectivity index (χ0) is 12.2. The van der Waals surface area contributed by atoms with Crippen molar-refractivity contribution in [2.45, 2.75) is 38.5 Å². The van der Waals surface area contributed by atoms with Gasteiger partial charge in [0.15, 0.2) is 11.7 Å². The average molecular weight is 241 g/mol. The first-order valence-electron chi connectivity index (χ1n) is 6.92. The maximum Gasteiger partial charge on any atom is 0.194 e. The van der Waals surface area contributed by atoms with Crippen molar-refractivity contribution in [2.24, 2.45) is 5.92 Å². The highest BCUT2D eigenvalue weighted by Gasteiger charge is 2.16. The standard InChI is InChI=1S/C16H19NO/c1-2-8-14(9-3-1)15-12-17-16(18-15)11-10-13-6-4-5-7-13/h1-3,8-9,12-13H,4-7,10-11H2. The molecule has 2 nitrogen and oxygen atoms in total. The van der Waals surface area contributed by atoms with E-state index in [2.05, 4.69) is 17.1 Å². The molecule has 1 saturated carbocycles. The summed E-state index contributed by atoms with van der Waals surface area (Å²) in [7, 11) is 0. The predicted octanol–water partition coefficient (Wildman–Crippen LogP) is 4.46. The Morgan fingerprint density at radius 2 is 1.89 bits per heavy atom. The van der Waals surface area contributed by atoms with Crippen LogP contribution in [0.2, 0.25) is 0 Å². The quantitative estimate of drug-likeness (QED) is 0.789. The van der Waals surface area contributed by atoms with Gasteiger partial charge in [-0.2, -0.15) is 0 Å². The fraction of sp³-hybridized carbons (Fsp3) is 0.438. The molecule has 1 heterocycles. The third-order valence-electron chi connectivity index (χ3n) is 3.85. The molecule has 2 heteroatoms. The summed E-state index contributed by atoms with van der Waals surface area (Å²) in [6.45, 7) is 0. The van der Waals surface area contributed by atoms with Gasteiger partial charge in [-0.05, 0) is 12.3 Å². The van der Waals surface area contributed by atoms with Crippen molar-refractivity contribution in [3.63, 3.8) is 0 Å². The first-order valence-corrected chi connectivity index (χ1v) is 6.92. The summed E-state index contributed by atoms with van der Waals surface area (Å²) in [6, 6.07) is 10.2. The molecule has 0 atom stereocenters. The molecule has 1 aliphatic rings. The summed E-state index contributed by atoms with van der Waals surface area (Å²) in [5, 5.41) is 0. The summed E-state index contributed by atoms with van der Waals surface area (Å²) in [5.41, 5.74) is 1.11. The largest absolute Gasteiger partial charge is 0.441 e. The van der Waals surface area contributed by atoms with Crippen molar-refractivity contribution in [3.05, 3.63) is 42.4 Å². The molecular weight excluding hydrogens is 222 g/mol. The smallest absolute Gasteiger partial charge is 0.194 e. The predicted molar refractivity (Wildman–Crippen MR) is 72.2 cm³/mol. The van der Waals surface area contributed by atoms with Gasteiger partial charge in [-0.15, -0.1) is 0 Å². The minimum atomic E-state index is 0.886. The normalized spacial score (nSPS) is 16.2. The first-order chi connectivity index (χ1) is 8.92. The molecule has 18 heavy (non-hydrogen) atoms. The molecular formula is C16H19NO. The first kappa shape index (κ1) is 11.5.